The molecule has 0 unspecified atom stereocenters. The number of nitrogens with zero attached hydrogens (tertiary/aromatic N) is 5. The lowest BCUT2D eigenvalue weighted by molar-refractivity contribution is 0.122. The van der Waals surface area contributed by atoms with Crippen molar-refractivity contribution in [3.05, 3.63) is 12.0 Å². The zero-order chi connectivity index (χ0) is 11.4. The van der Waals surface area contributed by atoms with E-state index in [0.29, 0.717) is 26.3 Å². The van der Waals surface area contributed by atoms with E-state index in [2.05, 4.69) is 20.2 Å². The lowest BCUT2D eigenvalue weighted by Crippen LogP contribution is -2.37. The van der Waals surface area contributed by atoms with Crippen LogP contribution in [0.5, 0.6) is 0 Å². The predicted molar refractivity (Wildman–Crippen MR) is 55.5 cm³/mol. The van der Waals surface area contributed by atoms with E-state index in [1.54, 1.807) is 0 Å². The molecule has 1 aromatic rings. The van der Waals surface area contributed by atoms with E-state index >= 15 is 0 Å². The zero-order valence-electron chi connectivity index (χ0n) is 8.93. The monoisotopic (exact) mass is 225 g/mol. The second-order valence-electron chi connectivity index (χ2n) is 3.24. The maximum Gasteiger partial charge on any atom is 0.270 e. The molecular formula is C9H12FN5O. The van der Waals surface area contributed by atoms with Crippen molar-refractivity contribution in [3.63, 3.8) is 0 Å². The van der Waals surface area contributed by atoms with E-state index in [-0.39, 0.29) is 11.8 Å². The standard InChI is InChI=1S/C9H12FN5O/c1-11-14-9-12-6-7(10)8(13-9)15-2-4-16-5-3-15/h6H,2-5H2,1H3. The highest BCUT2D eigenvalue weighted by Gasteiger charge is 2.17. The van der Waals surface area contributed by atoms with Gasteiger partial charge in [-0.25, -0.2) is 9.37 Å². The number of morpholine rings is 1. The molecule has 0 atom stereocenters. The summed E-state index contributed by atoms with van der Waals surface area (Å²) in [5.74, 6) is -0.0111. The normalized spacial score (nSPS) is 17.0. The second kappa shape index (κ2) is 4.93. The van der Waals surface area contributed by atoms with Crippen molar-refractivity contribution < 1.29 is 9.13 Å². The minimum atomic E-state index is -0.447. The van der Waals surface area contributed by atoms with Crippen molar-refractivity contribution in [2.45, 2.75) is 0 Å². The van der Waals surface area contributed by atoms with Crippen LogP contribution in [0.4, 0.5) is 16.2 Å². The average Bonchev–Trinajstić information content (AvgIpc) is 2.33. The summed E-state index contributed by atoms with van der Waals surface area (Å²) in [5, 5.41) is 7.24. The Morgan fingerprint density at radius 1 is 1.44 bits per heavy atom. The molecule has 0 amide bonds. The number of ether oxygens (including phenoxy) is 1. The molecule has 1 fully saturated rings. The number of hydrogen-bond donors (Lipinski definition) is 0. The summed E-state index contributed by atoms with van der Waals surface area (Å²) < 4.78 is 18.7. The highest BCUT2D eigenvalue weighted by molar-refractivity contribution is 5.42. The van der Waals surface area contributed by atoms with Crippen molar-refractivity contribution in [1.29, 1.82) is 0 Å². The fraction of sp³-hybridized carbons (Fsp3) is 0.556. The van der Waals surface area contributed by atoms with Crippen LogP contribution in [0.3, 0.4) is 0 Å². The predicted octanol–water partition coefficient (Wildman–Crippen LogP) is 1.17. The summed E-state index contributed by atoms with van der Waals surface area (Å²) in [6.45, 7) is 2.40. The van der Waals surface area contributed by atoms with Gasteiger partial charge in [0.2, 0.25) is 0 Å². The highest BCUT2D eigenvalue weighted by Crippen LogP contribution is 2.19. The van der Waals surface area contributed by atoms with Crippen LogP contribution >= 0.6 is 0 Å². The minimum Gasteiger partial charge on any atom is -0.378 e. The third kappa shape index (κ3) is 2.30. The Labute approximate surface area is 92.2 Å². The van der Waals surface area contributed by atoms with Gasteiger partial charge in [-0.1, -0.05) is 0 Å². The molecule has 0 saturated carbocycles. The Morgan fingerprint density at radius 2 is 2.19 bits per heavy atom. The summed E-state index contributed by atoms with van der Waals surface area (Å²) in [5.41, 5.74) is 0. The van der Waals surface area contributed by atoms with Gasteiger partial charge in [-0.3, -0.25) is 0 Å². The van der Waals surface area contributed by atoms with Crippen molar-refractivity contribution >= 4 is 11.8 Å². The smallest absolute Gasteiger partial charge is 0.270 e. The first-order chi connectivity index (χ1) is 7.81. The van der Waals surface area contributed by atoms with Gasteiger partial charge >= 0.3 is 0 Å². The van der Waals surface area contributed by atoms with Crippen LogP contribution in [-0.2, 0) is 4.74 Å². The number of anilines is 1. The summed E-state index contributed by atoms with van der Waals surface area (Å²) >= 11 is 0. The van der Waals surface area contributed by atoms with Gasteiger partial charge < -0.3 is 9.64 Å². The quantitative estimate of drug-likeness (QED) is 0.709. The fourth-order valence-electron chi connectivity index (χ4n) is 1.48. The molecule has 2 rings (SSSR count). The number of hydrogen-bond acceptors (Lipinski definition) is 6. The van der Waals surface area contributed by atoms with Crippen LogP contribution in [-0.4, -0.2) is 43.3 Å². The lowest BCUT2D eigenvalue weighted by atomic mass is 10.4. The summed E-state index contributed by atoms with van der Waals surface area (Å²) in [6.07, 6.45) is 1.11. The van der Waals surface area contributed by atoms with Gasteiger partial charge in [0.05, 0.1) is 19.4 Å². The molecule has 7 heteroatoms. The van der Waals surface area contributed by atoms with Gasteiger partial charge in [-0.2, -0.15) is 10.1 Å². The van der Waals surface area contributed by atoms with Crippen LogP contribution in [0.25, 0.3) is 0 Å². The van der Waals surface area contributed by atoms with E-state index in [1.807, 2.05) is 4.90 Å². The Kier molecular flexibility index (Phi) is 3.35. The third-order valence-electron chi connectivity index (χ3n) is 2.21. The second-order valence-corrected chi connectivity index (χ2v) is 3.24. The SMILES string of the molecule is CN=Nc1ncc(F)c(N2CCOCC2)n1. The molecule has 6 nitrogen and oxygen atoms in total. The van der Waals surface area contributed by atoms with Gasteiger partial charge in [-0.05, 0) is 0 Å². The Hall–Kier alpha value is -1.63. The van der Waals surface area contributed by atoms with Crippen molar-refractivity contribution in [2.24, 2.45) is 10.2 Å². The number of halogens is 1. The van der Waals surface area contributed by atoms with Crippen LogP contribution in [0.15, 0.2) is 16.4 Å². The molecule has 0 N–H and O–H groups in total. The van der Waals surface area contributed by atoms with Crippen molar-refractivity contribution in [3.8, 4) is 0 Å². The van der Waals surface area contributed by atoms with Gasteiger partial charge in [0.25, 0.3) is 5.95 Å². The van der Waals surface area contributed by atoms with Crippen LogP contribution in [0.1, 0.15) is 0 Å². The largest absolute Gasteiger partial charge is 0.378 e. The van der Waals surface area contributed by atoms with Crippen molar-refractivity contribution in [1.82, 2.24) is 9.97 Å². The molecule has 0 spiro atoms. The molecule has 2 heterocycles. The topological polar surface area (TPSA) is 63.0 Å². The average molecular weight is 225 g/mol. The van der Waals surface area contributed by atoms with Gasteiger partial charge in [0.15, 0.2) is 11.6 Å². The molecule has 0 aromatic carbocycles. The molecule has 1 saturated heterocycles. The molecule has 1 aliphatic rings. The van der Waals surface area contributed by atoms with E-state index < -0.39 is 5.82 Å². The van der Waals surface area contributed by atoms with Crippen LogP contribution < -0.4 is 4.90 Å². The first kappa shape index (κ1) is 10.9. The molecule has 0 aliphatic carbocycles. The lowest BCUT2D eigenvalue weighted by Gasteiger charge is -2.27. The van der Waals surface area contributed by atoms with Gasteiger partial charge in [0, 0.05) is 20.1 Å². The maximum absolute atomic E-state index is 13.5. The molecular weight excluding hydrogens is 213 g/mol. The summed E-state index contributed by atoms with van der Waals surface area (Å²) in [7, 11) is 1.52. The fourth-order valence-corrected chi connectivity index (χ4v) is 1.48. The summed E-state index contributed by atoms with van der Waals surface area (Å²) in [4.78, 5) is 9.54. The zero-order valence-corrected chi connectivity index (χ0v) is 8.93. The third-order valence-corrected chi connectivity index (χ3v) is 2.21. The van der Waals surface area contributed by atoms with E-state index in [4.69, 9.17) is 4.74 Å². The minimum absolute atomic E-state index is 0.172. The Morgan fingerprint density at radius 3 is 2.88 bits per heavy atom. The van der Waals surface area contributed by atoms with Gasteiger partial charge in [-0.15, -0.1) is 5.11 Å². The molecule has 0 radical (unpaired) electrons. The van der Waals surface area contributed by atoms with Crippen LogP contribution in [0.2, 0.25) is 0 Å². The molecule has 0 bridgehead atoms. The van der Waals surface area contributed by atoms with Crippen molar-refractivity contribution in [2.75, 3.05) is 38.3 Å². The number of aromatic nitrogens is 2. The summed E-state index contributed by atoms with van der Waals surface area (Å²) in [6, 6.07) is 0. The molecule has 1 aliphatic heterocycles. The Bertz CT molecular complexity index is 391. The van der Waals surface area contributed by atoms with E-state index in [0.717, 1.165) is 6.20 Å². The van der Waals surface area contributed by atoms with Crippen LogP contribution in [0, 0.1) is 5.82 Å². The van der Waals surface area contributed by atoms with E-state index in [1.165, 1.54) is 7.05 Å². The Balaban J connectivity index is 2.26. The molecule has 1 aromatic heterocycles. The molecule has 16 heavy (non-hydrogen) atoms. The highest BCUT2D eigenvalue weighted by atomic mass is 19.1. The number of azo groups is 1. The van der Waals surface area contributed by atoms with E-state index in [9.17, 15) is 4.39 Å². The first-order valence-corrected chi connectivity index (χ1v) is 4.96. The van der Waals surface area contributed by atoms with Gasteiger partial charge in [0.1, 0.15) is 0 Å². The maximum atomic E-state index is 13.5. The molecule has 86 valence electrons. The number of rotatable bonds is 2. The first-order valence-electron chi connectivity index (χ1n) is 4.96.